The zero-order valence-corrected chi connectivity index (χ0v) is 20.4. The van der Waals surface area contributed by atoms with Crippen LogP contribution in [0.5, 0.6) is 0 Å². The lowest BCUT2D eigenvalue weighted by Crippen LogP contribution is -2.09. The molecule has 0 atom stereocenters. The van der Waals surface area contributed by atoms with E-state index in [9.17, 15) is 0 Å². The third kappa shape index (κ3) is 14.6. The van der Waals surface area contributed by atoms with Gasteiger partial charge in [0.1, 0.15) is 0 Å². The Kier molecular flexibility index (Phi) is 16.6. The van der Waals surface area contributed by atoms with Crippen LogP contribution in [-0.2, 0) is 0 Å². The van der Waals surface area contributed by atoms with Crippen LogP contribution in [0.1, 0.15) is 167 Å². The summed E-state index contributed by atoms with van der Waals surface area (Å²) >= 11 is 0. The topological polar surface area (TPSA) is 24.7 Å². The molecule has 0 aliphatic heterocycles. The van der Waals surface area contributed by atoms with Crippen LogP contribution >= 0.6 is 0 Å². The van der Waals surface area contributed by atoms with Gasteiger partial charge in [0.25, 0.3) is 0 Å². The van der Waals surface area contributed by atoms with E-state index in [1.54, 1.807) is 0 Å². The quantitative estimate of drug-likeness (QED) is 0.398. The van der Waals surface area contributed by atoms with Gasteiger partial charge in [0.15, 0.2) is 0 Å². The third-order valence-corrected chi connectivity index (χ3v) is 7.54. The van der Waals surface area contributed by atoms with Crippen molar-refractivity contribution in [1.29, 1.82) is 0 Å². The van der Waals surface area contributed by atoms with Gasteiger partial charge in [-0.25, -0.2) is 0 Å². The molecule has 2 heteroatoms. The molecule has 2 aliphatic rings. The van der Waals surface area contributed by atoms with Crippen LogP contribution in [0.25, 0.3) is 0 Å². The Labute approximate surface area is 189 Å². The van der Waals surface area contributed by atoms with E-state index >= 15 is 0 Å². The van der Waals surface area contributed by atoms with Gasteiger partial charge in [-0.05, 0) is 25.7 Å². The van der Waals surface area contributed by atoms with Gasteiger partial charge in [-0.15, -0.1) is 0 Å². The number of nitrogens with zero attached hydrogens (tertiary/aromatic N) is 2. The zero-order chi connectivity index (χ0) is 21.0. The first-order valence-corrected chi connectivity index (χ1v) is 14.3. The minimum absolute atomic E-state index is 0.515. The normalized spacial score (nSPS) is 25.5. The minimum Gasteiger partial charge on any atom is -0.191 e. The summed E-state index contributed by atoms with van der Waals surface area (Å²) in [5.41, 5.74) is 0. The van der Waals surface area contributed by atoms with Crippen LogP contribution in [0, 0.1) is 0 Å². The zero-order valence-electron chi connectivity index (χ0n) is 20.4. The van der Waals surface area contributed by atoms with Gasteiger partial charge in [0.05, 0.1) is 12.1 Å². The first kappa shape index (κ1) is 25.9. The average Bonchev–Trinajstić information content (AvgIpc) is 2.76. The molecule has 176 valence electrons. The molecule has 2 aliphatic carbocycles. The van der Waals surface area contributed by atoms with Crippen molar-refractivity contribution in [2.24, 2.45) is 10.2 Å². The maximum atomic E-state index is 5.00. The fourth-order valence-electron chi connectivity index (χ4n) is 5.41. The van der Waals surface area contributed by atoms with Crippen molar-refractivity contribution < 1.29 is 0 Å². The monoisotopic (exact) mass is 418 g/mol. The van der Waals surface area contributed by atoms with E-state index in [4.69, 9.17) is 10.2 Å². The van der Waals surface area contributed by atoms with Gasteiger partial charge in [-0.3, -0.25) is 0 Å². The molecule has 0 aromatic heterocycles. The maximum Gasteiger partial charge on any atom is 0.0708 e. The van der Waals surface area contributed by atoms with E-state index in [0.717, 1.165) is 0 Å². The van der Waals surface area contributed by atoms with Crippen LogP contribution < -0.4 is 0 Å². The molecule has 0 aromatic rings. The number of azo groups is 1. The van der Waals surface area contributed by atoms with Crippen LogP contribution in [0.15, 0.2) is 10.2 Å². The summed E-state index contributed by atoms with van der Waals surface area (Å²) in [5, 5.41) is 10.0. The van der Waals surface area contributed by atoms with E-state index in [1.165, 1.54) is 167 Å². The highest BCUT2D eigenvalue weighted by molar-refractivity contribution is 4.70. The SMILES string of the molecule is C1CCCCCCC(N=NC2CCCCCCCCCCCCC2)CCCCCC1. The average molecular weight is 419 g/mol. The molecule has 0 amide bonds. The number of hydrogen-bond donors (Lipinski definition) is 0. The van der Waals surface area contributed by atoms with Gasteiger partial charge in [-0.1, -0.05) is 141 Å². The maximum absolute atomic E-state index is 5.00. The van der Waals surface area contributed by atoms with E-state index < -0.39 is 0 Å². The summed E-state index contributed by atoms with van der Waals surface area (Å²) in [6.07, 6.45) is 36.6. The molecule has 0 bridgehead atoms. The highest BCUT2D eigenvalue weighted by atomic mass is 15.1. The standard InChI is InChI=1S/C28H54N2/c1-3-7-11-15-19-23-27(24-20-16-12-8-4-1)29-30-28-25-21-17-13-9-5-2-6-10-14-18-22-26-28/h27-28H,1-26H2. The highest BCUT2D eigenvalue weighted by Crippen LogP contribution is 2.22. The molecule has 2 nitrogen and oxygen atoms in total. The molecule has 0 saturated heterocycles. The molecule has 0 spiro atoms. The molecule has 0 heterocycles. The van der Waals surface area contributed by atoms with E-state index in [2.05, 4.69) is 0 Å². The Morgan fingerprint density at radius 2 is 0.400 bits per heavy atom. The molecule has 0 N–H and O–H groups in total. The van der Waals surface area contributed by atoms with Crippen LogP contribution in [0.4, 0.5) is 0 Å². The van der Waals surface area contributed by atoms with Crippen molar-refractivity contribution in [2.75, 3.05) is 0 Å². The van der Waals surface area contributed by atoms with Crippen molar-refractivity contribution >= 4 is 0 Å². The van der Waals surface area contributed by atoms with Crippen LogP contribution in [0.3, 0.4) is 0 Å². The smallest absolute Gasteiger partial charge is 0.0708 e. The summed E-state index contributed by atoms with van der Waals surface area (Å²) in [4.78, 5) is 0. The predicted octanol–water partition coefficient (Wildman–Crippen LogP) is 10.3. The lowest BCUT2D eigenvalue weighted by atomic mass is 9.98. The number of rotatable bonds is 2. The van der Waals surface area contributed by atoms with E-state index in [-0.39, 0.29) is 0 Å². The molecule has 2 fully saturated rings. The van der Waals surface area contributed by atoms with Crippen molar-refractivity contribution in [1.82, 2.24) is 0 Å². The van der Waals surface area contributed by atoms with Gasteiger partial charge in [0.2, 0.25) is 0 Å². The predicted molar refractivity (Wildman–Crippen MR) is 132 cm³/mol. The van der Waals surface area contributed by atoms with Crippen molar-refractivity contribution in [3.05, 3.63) is 0 Å². The summed E-state index contributed by atoms with van der Waals surface area (Å²) in [6.45, 7) is 0. The first-order chi connectivity index (χ1) is 14.9. The first-order valence-electron chi connectivity index (χ1n) is 14.3. The van der Waals surface area contributed by atoms with Gasteiger partial charge >= 0.3 is 0 Å². The molecule has 2 rings (SSSR count). The Balaban J connectivity index is 1.79. The molecule has 0 aromatic carbocycles. The molecular formula is C28H54N2. The van der Waals surface area contributed by atoms with Crippen molar-refractivity contribution in [3.8, 4) is 0 Å². The second-order valence-corrected chi connectivity index (χ2v) is 10.5. The lowest BCUT2D eigenvalue weighted by Gasteiger charge is -2.16. The Bertz CT molecular complexity index is 328. The molecule has 0 radical (unpaired) electrons. The lowest BCUT2D eigenvalue weighted by molar-refractivity contribution is 0.426. The van der Waals surface area contributed by atoms with Gasteiger partial charge in [-0.2, -0.15) is 10.2 Å². The summed E-state index contributed by atoms with van der Waals surface area (Å²) in [6, 6.07) is 1.03. The fourth-order valence-corrected chi connectivity index (χ4v) is 5.41. The molecular weight excluding hydrogens is 364 g/mol. The Hall–Kier alpha value is -0.400. The molecule has 0 unspecified atom stereocenters. The van der Waals surface area contributed by atoms with Crippen molar-refractivity contribution in [2.45, 2.75) is 179 Å². The second kappa shape index (κ2) is 19.3. The summed E-state index contributed by atoms with van der Waals surface area (Å²) in [5.74, 6) is 0. The fraction of sp³-hybridized carbons (Fsp3) is 1.00. The molecule has 30 heavy (non-hydrogen) atoms. The van der Waals surface area contributed by atoms with Crippen molar-refractivity contribution in [3.63, 3.8) is 0 Å². The van der Waals surface area contributed by atoms with Gasteiger partial charge < -0.3 is 0 Å². The van der Waals surface area contributed by atoms with Crippen LogP contribution in [0.2, 0.25) is 0 Å². The highest BCUT2D eigenvalue weighted by Gasteiger charge is 2.12. The Morgan fingerprint density at radius 3 is 0.600 bits per heavy atom. The summed E-state index contributed by atoms with van der Waals surface area (Å²) < 4.78 is 0. The van der Waals surface area contributed by atoms with E-state index in [1.807, 2.05) is 0 Å². The third-order valence-electron chi connectivity index (χ3n) is 7.54. The molecule has 2 saturated carbocycles. The van der Waals surface area contributed by atoms with E-state index in [0.29, 0.717) is 12.1 Å². The van der Waals surface area contributed by atoms with Gasteiger partial charge in [0, 0.05) is 0 Å². The van der Waals surface area contributed by atoms with Crippen LogP contribution in [-0.4, -0.2) is 12.1 Å². The summed E-state index contributed by atoms with van der Waals surface area (Å²) in [7, 11) is 0. The largest absolute Gasteiger partial charge is 0.191 e. The Morgan fingerprint density at radius 1 is 0.233 bits per heavy atom. The number of hydrogen-bond acceptors (Lipinski definition) is 2. The second-order valence-electron chi connectivity index (χ2n) is 10.5. The minimum atomic E-state index is 0.515.